The maximum atomic E-state index is 13.4. The van der Waals surface area contributed by atoms with Crippen LogP contribution in [-0.2, 0) is 36.8 Å². The monoisotopic (exact) mass is 530 g/mol. The van der Waals surface area contributed by atoms with Crippen LogP contribution in [-0.4, -0.2) is 74.0 Å². The lowest BCUT2D eigenvalue weighted by atomic mass is 9.98. The van der Waals surface area contributed by atoms with Crippen molar-refractivity contribution in [3.63, 3.8) is 0 Å². The SMILES string of the molecule is CCC(C)C(NC(=O)C(Cc1ccccc1)NC(=O)C(Cc1cnc[nH]1)NC(=O)C(N)CC(=O)O)C(=O)O. The Morgan fingerprint density at radius 3 is 2.11 bits per heavy atom. The number of aromatic amines is 1. The maximum Gasteiger partial charge on any atom is 0.326 e. The highest BCUT2D eigenvalue weighted by Gasteiger charge is 2.32. The van der Waals surface area contributed by atoms with Gasteiger partial charge in [-0.1, -0.05) is 50.6 Å². The Labute approximate surface area is 219 Å². The number of benzene rings is 1. The Morgan fingerprint density at radius 1 is 0.947 bits per heavy atom. The van der Waals surface area contributed by atoms with Crippen LogP contribution >= 0.6 is 0 Å². The summed E-state index contributed by atoms with van der Waals surface area (Å²) in [5.74, 6) is -5.16. The van der Waals surface area contributed by atoms with Gasteiger partial charge in [0.1, 0.15) is 18.1 Å². The number of nitrogens with zero attached hydrogens (tertiary/aromatic N) is 1. The molecule has 8 N–H and O–H groups in total. The fourth-order valence-electron chi connectivity index (χ4n) is 3.65. The standard InChI is InChI=1S/C25H34N6O7/c1-3-14(2)21(25(37)38)31-24(36)18(9-15-7-5-4-6-8-15)30-23(35)19(10-16-12-27-13-28-16)29-22(34)17(26)11-20(32)33/h4-8,12-14,17-19,21H,3,9-11,26H2,1-2H3,(H,27,28)(H,29,34)(H,30,35)(H,31,36)(H,32,33)(H,37,38). The molecule has 0 saturated carbocycles. The van der Waals surface area contributed by atoms with Crippen LogP contribution < -0.4 is 21.7 Å². The quantitative estimate of drug-likeness (QED) is 0.159. The third-order valence-electron chi connectivity index (χ3n) is 6.04. The summed E-state index contributed by atoms with van der Waals surface area (Å²) in [6, 6.07) is 3.83. The molecule has 0 saturated heterocycles. The highest BCUT2D eigenvalue weighted by molar-refractivity contribution is 5.95. The number of imidazole rings is 1. The zero-order chi connectivity index (χ0) is 28.2. The summed E-state index contributed by atoms with van der Waals surface area (Å²) in [6.45, 7) is 3.49. The highest BCUT2D eigenvalue weighted by Crippen LogP contribution is 2.10. The topological polar surface area (TPSA) is 217 Å². The van der Waals surface area contributed by atoms with Gasteiger partial charge in [0.05, 0.1) is 18.8 Å². The van der Waals surface area contributed by atoms with Crippen molar-refractivity contribution in [2.24, 2.45) is 11.7 Å². The minimum absolute atomic E-state index is 0.0501. The van der Waals surface area contributed by atoms with Crippen LogP contribution in [0.15, 0.2) is 42.9 Å². The number of hydrogen-bond acceptors (Lipinski definition) is 7. The number of aliphatic carboxylic acids is 2. The number of amides is 3. The second-order valence-corrected chi connectivity index (χ2v) is 9.01. The number of hydrogen-bond donors (Lipinski definition) is 7. The molecule has 5 atom stereocenters. The number of carbonyl (C=O) groups excluding carboxylic acids is 3. The first kappa shape index (κ1) is 30.0. The molecule has 38 heavy (non-hydrogen) atoms. The van der Waals surface area contributed by atoms with E-state index in [0.29, 0.717) is 17.7 Å². The largest absolute Gasteiger partial charge is 0.481 e. The molecule has 206 valence electrons. The molecule has 1 heterocycles. The van der Waals surface area contributed by atoms with Gasteiger partial charge in [0.25, 0.3) is 0 Å². The molecule has 0 aliphatic heterocycles. The van der Waals surface area contributed by atoms with E-state index in [1.807, 2.05) is 0 Å². The van der Waals surface area contributed by atoms with Gasteiger partial charge in [-0.2, -0.15) is 0 Å². The van der Waals surface area contributed by atoms with Crippen molar-refractivity contribution in [2.75, 3.05) is 0 Å². The second kappa shape index (κ2) is 14.5. The predicted octanol–water partition coefficient (Wildman–Crippen LogP) is -0.418. The molecule has 1 aromatic carbocycles. The molecule has 0 aliphatic carbocycles. The number of carboxylic acids is 2. The molecule has 2 aromatic rings. The Kier molecular flexibility index (Phi) is 11.4. The Bertz CT molecular complexity index is 1090. The van der Waals surface area contributed by atoms with Gasteiger partial charge in [-0.15, -0.1) is 0 Å². The van der Waals surface area contributed by atoms with Crippen LogP contribution in [0.25, 0.3) is 0 Å². The van der Waals surface area contributed by atoms with Gasteiger partial charge in [0, 0.05) is 24.7 Å². The molecule has 0 spiro atoms. The van der Waals surface area contributed by atoms with Gasteiger partial charge < -0.3 is 36.9 Å². The molecule has 3 amide bonds. The number of aromatic nitrogens is 2. The lowest BCUT2D eigenvalue weighted by molar-refractivity contribution is -0.143. The molecule has 5 unspecified atom stereocenters. The first-order valence-corrected chi connectivity index (χ1v) is 12.1. The van der Waals surface area contributed by atoms with E-state index in [-0.39, 0.29) is 18.8 Å². The van der Waals surface area contributed by atoms with Crippen LogP contribution in [0, 0.1) is 5.92 Å². The fourth-order valence-corrected chi connectivity index (χ4v) is 3.65. The number of carbonyl (C=O) groups is 5. The van der Waals surface area contributed by atoms with Gasteiger partial charge in [-0.3, -0.25) is 19.2 Å². The van der Waals surface area contributed by atoms with Crippen molar-refractivity contribution in [3.8, 4) is 0 Å². The van der Waals surface area contributed by atoms with E-state index in [9.17, 15) is 29.1 Å². The summed E-state index contributed by atoms with van der Waals surface area (Å²) in [5, 5.41) is 26.1. The zero-order valence-electron chi connectivity index (χ0n) is 21.2. The van der Waals surface area contributed by atoms with E-state index >= 15 is 0 Å². The van der Waals surface area contributed by atoms with E-state index < -0.39 is 60.2 Å². The number of rotatable bonds is 15. The molecular formula is C25H34N6O7. The zero-order valence-corrected chi connectivity index (χ0v) is 21.2. The number of nitrogens with two attached hydrogens (primary N) is 1. The number of H-pyrrole nitrogens is 1. The smallest absolute Gasteiger partial charge is 0.326 e. The highest BCUT2D eigenvalue weighted by atomic mass is 16.4. The molecule has 0 aliphatic rings. The van der Waals surface area contributed by atoms with Gasteiger partial charge >= 0.3 is 11.9 Å². The number of carboxylic acid groups (broad SMARTS) is 2. The van der Waals surface area contributed by atoms with Crippen LogP contribution in [0.4, 0.5) is 0 Å². The second-order valence-electron chi connectivity index (χ2n) is 9.01. The van der Waals surface area contributed by atoms with E-state index in [2.05, 4.69) is 25.9 Å². The molecule has 0 fully saturated rings. The van der Waals surface area contributed by atoms with E-state index in [4.69, 9.17) is 10.8 Å². The van der Waals surface area contributed by atoms with Crippen LogP contribution in [0.2, 0.25) is 0 Å². The van der Waals surface area contributed by atoms with Gasteiger partial charge in [0.15, 0.2) is 0 Å². The van der Waals surface area contributed by atoms with Gasteiger partial charge in [-0.05, 0) is 11.5 Å². The van der Waals surface area contributed by atoms with Crippen molar-refractivity contribution in [1.82, 2.24) is 25.9 Å². The molecule has 2 rings (SSSR count). The molecule has 13 heteroatoms. The van der Waals surface area contributed by atoms with E-state index in [1.54, 1.807) is 44.2 Å². The summed E-state index contributed by atoms with van der Waals surface area (Å²) in [7, 11) is 0. The molecule has 1 aromatic heterocycles. The lowest BCUT2D eigenvalue weighted by Gasteiger charge is -2.26. The minimum atomic E-state index is -1.40. The Balaban J connectivity index is 2.29. The summed E-state index contributed by atoms with van der Waals surface area (Å²) >= 11 is 0. The van der Waals surface area contributed by atoms with E-state index in [0.717, 1.165) is 0 Å². The van der Waals surface area contributed by atoms with Crippen molar-refractivity contribution in [1.29, 1.82) is 0 Å². The Morgan fingerprint density at radius 2 is 1.55 bits per heavy atom. The summed E-state index contributed by atoms with van der Waals surface area (Å²) < 4.78 is 0. The Hall–Kier alpha value is -4.26. The first-order valence-electron chi connectivity index (χ1n) is 12.1. The molecule has 13 nitrogen and oxygen atoms in total. The summed E-state index contributed by atoms with van der Waals surface area (Å²) in [5.41, 5.74) is 6.85. The third kappa shape index (κ3) is 9.32. The van der Waals surface area contributed by atoms with Gasteiger partial charge in [0.2, 0.25) is 17.7 Å². The maximum absolute atomic E-state index is 13.4. The normalized spacial score (nSPS) is 14.8. The van der Waals surface area contributed by atoms with Crippen LogP contribution in [0.1, 0.15) is 37.9 Å². The predicted molar refractivity (Wildman–Crippen MR) is 136 cm³/mol. The average molecular weight is 531 g/mol. The molecule has 0 bridgehead atoms. The molecule has 0 radical (unpaired) electrons. The molecular weight excluding hydrogens is 496 g/mol. The van der Waals surface area contributed by atoms with Gasteiger partial charge in [-0.25, -0.2) is 9.78 Å². The first-order chi connectivity index (χ1) is 18.0. The van der Waals surface area contributed by atoms with Crippen molar-refractivity contribution >= 4 is 29.7 Å². The van der Waals surface area contributed by atoms with Crippen LogP contribution in [0.5, 0.6) is 0 Å². The fraction of sp³-hybridized carbons (Fsp3) is 0.440. The van der Waals surface area contributed by atoms with Crippen LogP contribution in [0.3, 0.4) is 0 Å². The van der Waals surface area contributed by atoms with Crippen molar-refractivity contribution in [3.05, 3.63) is 54.1 Å². The average Bonchev–Trinajstić information content (AvgIpc) is 3.39. The van der Waals surface area contributed by atoms with E-state index in [1.165, 1.54) is 12.5 Å². The number of nitrogens with one attached hydrogen (secondary N) is 4. The minimum Gasteiger partial charge on any atom is -0.481 e. The summed E-state index contributed by atoms with van der Waals surface area (Å²) in [4.78, 5) is 68.5. The van der Waals surface area contributed by atoms with Crippen molar-refractivity contribution in [2.45, 2.75) is 63.7 Å². The summed E-state index contributed by atoms with van der Waals surface area (Å²) in [6.07, 6.45) is 2.68. The lowest BCUT2D eigenvalue weighted by Crippen LogP contribution is -2.58. The third-order valence-corrected chi connectivity index (χ3v) is 6.04. The van der Waals surface area contributed by atoms with Crippen molar-refractivity contribution < 1.29 is 34.2 Å².